The Morgan fingerprint density at radius 3 is 3.20 bits per heavy atom. The van der Waals surface area contributed by atoms with Crippen molar-refractivity contribution in [2.45, 2.75) is 25.4 Å². The topological polar surface area (TPSA) is 74.2 Å². The summed E-state index contributed by atoms with van der Waals surface area (Å²) in [6, 6.07) is 1.96. The summed E-state index contributed by atoms with van der Waals surface area (Å²) in [7, 11) is 0. The standard InChI is InChI=1S/C10H17N3O2/c11-4-2-6-13-10(14)8-15-9-3-1-5-12-7-9/h9,12H,1-3,5-8H2,(H,13,14). The van der Waals surface area contributed by atoms with E-state index in [0.717, 1.165) is 25.9 Å². The van der Waals surface area contributed by atoms with Crippen molar-refractivity contribution in [1.29, 1.82) is 5.26 Å². The zero-order chi connectivity index (χ0) is 10.9. The minimum atomic E-state index is -0.143. The summed E-state index contributed by atoms with van der Waals surface area (Å²) in [6.45, 7) is 2.36. The average Bonchev–Trinajstić information content (AvgIpc) is 2.28. The first-order valence-electron chi connectivity index (χ1n) is 5.29. The molecule has 0 aromatic rings. The Morgan fingerprint density at radius 1 is 1.67 bits per heavy atom. The van der Waals surface area contributed by atoms with Crippen LogP contribution >= 0.6 is 0 Å². The second-order valence-corrected chi connectivity index (χ2v) is 3.54. The number of nitrogens with zero attached hydrogens (tertiary/aromatic N) is 1. The molecule has 0 radical (unpaired) electrons. The smallest absolute Gasteiger partial charge is 0.246 e. The van der Waals surface area contributed by atoms with Crippen molar-refractivity contribution in [2.24, 2.45) is 0 Å². The van der Waals surface area contributed by atoms with E-state index in [1.165, 1.54) is 0 Å². The molecule has 1 rings (SSSR count). The molecule has 84 valence electrons. The molecule has 1 unspecified atom stereocenters. The van der Waals surface area contributed by atoms with Gasteiger partial charge in [0, 0.05) is 13.1 Å². The summed E-state index contributed by atoms with van der Waals surface area (Å²) in [5, 5.41) is 14.1. The number of ether oxygens (including phenoxy) is 1. The van der Waals surface area contributed by atoms with Gasteiger partial charge in [-0.3, -0.25) is 4.79 Å². The van der Waals surface area contributed by atoms with Crippen LogP contribution in [-0.4, -0.2) is 38.3 Å². The highest BCUT2D eigenvalue weighted by Crippen LogP contribution is 2.05. The molecule has 1 amide bonds. The predicted molar refractivity (Wildman–Crippen MR) is 55.1 cm³/mol. The maximum Gasteiger partial charge on any atom is 0.246 e. The van der Waals surface area contributed by atoms with E-state index in [-0.39, 0.29) is 18.6 Å². The van der Waals surface area contributed by atoms with Crippen LogP contribution in [0.2, 0.25) is 0 Å². The van der Waals surface area contributed by atoms with Crippen LogP contribution in [0.3, 0.4) is 0 Å². The van der Waals surface area contributed by atoms with Gasteiger partial charge in [0.05, 0.1) is 18.6 Å². The Kier molecular flexibility index (Phi) is 5.74. The van der Waals surface area contributed by atoms with Crippen molar-refractivity contribution >= 4 is 5.91 Å². The molecule has 1 atom stereocenters. The monoisotopic (exact) mass is 211 g/mol. The number of nitrogens with one attached hydrogen (secondary N) is 2. The number of hydrogen-bond acceptors (Lipinski definition) is 4. The van der Waals surface area contributed by atoms with Crippen molar-refractivity contribution < 1.29 is 9.53 Å². The van der Waals surface area contributed by atoms with Crippen LogP contribution in [0.25, 0.3) is 0 Å². The molecular weight excluding hydrogens is 194 g/mol. The average molecular weight is 211 g/mol. The molecule has 0 spiro atoms. The van der Waals surface area contributed by atoms with E-state index >= 15 is 0 Å². The highest BCUT2D eigenvalue weighted by molar-refractivity contribution is 5.77. The number of amides is 1. The molecule has 2 N–H and O–H groups in total. The van der Waals surface area contributed by atoms with Crippen molar-refractivity contribution in [2.75, 3.05) is 26.2 Å². The second-order valence-electron chi connectivity index (χ2n) is 3.54. The number of piperidine rings is 1. The summed E-state index contributed by atoms with van der Waals surface area (Å²) in [5.74, 6) is -0.143. The lowest BCUT2D eigenvalue weighted by Crippen LogP contribution is -2.38. The second kappa shape index (κ2) is 7.21. The van der Waals surface area contributed by atoms with E-state index in [1.54, 1.807) is 0 Å². The molecule has 1 aliphatic heterocycles. The minimum absolute atomic E-state index is 0.0950. The van der Waals surface area contributed by atoms with E-state index < -0.39 is 0 Å². The van der Waals surface area contributed by atoms with Gasteiger partial charge in [0.15, 0.2) is 0 Å². The zero-order valence-corrected chi connectivity index (χ0v) is 8.79. The van der Waals surface area contributed by atoms with Crippen molar-refractivity contribution in [3.05, 3.63) is 0 Å². The van der Waals surface area contributed by atoms with Gasteiger partial charge in [-0.05, 0) is 19.4 Å². The Balaban J connectivity index is 2.03. The number of carbonyl (C=O) groups excluding carboxylic acids is 1. The number of nitriles is 1. The van der Waals surface area contributed by atoms with Gasteiger partial charge in [-0.15, -0.1) is 0 Å². The van der Waals surface area contributed by atoms with Crippen LogP contribution in [-0.2, 0) is 9.53 Å². The fourth-order valence-electron chi connectivity index (χ4n) is 1.46. The quantitative estimate of drug-likeness (QED) is 0.617. The Bertz CT molecular complexity index is 231. The first-order chi connectivity index (χ1) is 7.33. The largest absolute Gasteiger partial charge is 0.367 e. The highest BCUT2D eigenvalue weighted by atomic mass is 16.5. The Hall–Kier alpha value is -1.12. The molecule has 1 heterocycles. The molecule has 15 heavy (non-hydrogen) atoms. The molecule has 1 aliphatic rings. The molecule has 0 aromatic carbocycles. The van der Waals surface area contributed by atoms with Gasteiger partial charge in [-0.2, -0.15) is 5.26 Å². The van der Waals surface area contributed by atoms with Gasteiger partial charge in [0.25, 0.3) is 0 Å². The molecule has 0 bridgehead atoms. The van der Waals surface area contributed by atoms with Crippen molar-refractivity contribution in [3.63, 3.8) is 0 Å². The lowest BCUT2D eigenvalue weighted by Gasteiger charge is -2.22. The third-order valence-corrected chi connectivity index (χ3v) is 2.26. The number of hydrogen-bond donors (Lipinski definition) is 2. The van der Waals surface area contributed by atoms with Gasteiger partial charge in [-0.1, -0.05) is 0 Å². The van der Waals surface area contributed by atoms with E-state index in [1.807, 2.05) is 6.07 Å². The first kappa shape index (κ1) is 12.0. The van der Waals surface area contributed by atoms with E-state index in [9.17, 15) is 4.79 Å². The Morgan fingerprint density at radius 2 is 2.53 bits per heavy atom. The molecule has 5 nitrogen and oxygen atoms in total. The lowest BCUT2D eigenvalue weighted by atomic mass is 10.1. The van der Waals surface area contributed by atoms with Crippen LogP contribution in [0.15, 0.2) is 0 Å². The summed E-state index contributed by atoms with van der Waals surface area (Å²) >= 11 is 0. The normalized spacial score (nSPS) is 20.6. The third kappa shape index (κ3) is 5.35. The summed E-state index contributed by atoms with van der Waals surface area (Å²) in [5.41, 5.74) is 0. The Labute approximate surface area is 89.8 Å². The SMILES string of the molecule is N#CCCNC(=O)COC1CCCNC1. The molecule has 5 heteroatoms. The molecule has 1 saturated heterocycles. The van der Waals surface area contributed by atoms with Gasteiger partial charge in [-0.25, -0.2) is 0 Å². The predicted octanol–water partition coefficient (Wildman–Crippen LogP) is -0.215. The fraction of sp³-hybridized carbons (Fsp3) is 0.800. The van der Waals surface area contributed by atoms with Crippen molar-refractivity contribution in [3.8, 4) is 6.07 Å². The van der Waals surface area contributed by atoms with Crippen LogP contribution in [0.4, 0.5) is 0 Å². The maximum absolute atomic E-state index is 11.2. The molecule has 1 fully saturated rings. The first-order valence-corrected chi connectivity index (χ1v) is 5.29. The summed E-state index contributed by atoms with van der Waals surface area (Å²) in [6.07, 6.45) is 2.61. The number of rotatable bonds is 5. The molecular formula is C10H17N3O2. The number of carbonyl (C=O) groups is 1. The van der Waals surface area contributed by atoms with E-state index in [4.69, 9.17) is 10.00 Å². The lowest BCUT2D eigenvalue weighted by molar-refractivity contribution is -0.127. The molecule has 0 aromatic heterocycles. The van der Waals surface area contributed by atoms with E-state index in [0.29, 0.717) is 13.0 Å². The zero-order valence-electron chi connectivity index (χ0n) is 8.79. The van der Waals surface area contributed by atoms with E-state index in [2.05, 4.69) is 10.6 Å². The van der Waals surface area contributed by atoms with Crippen LogP contribution in [0, 0.1) is 11.3 Å². The maximum atomic E-state index is 11.2. The molecule has 0 aliphatic carbocycles. The minimum Gasteiger partial charge on any atom is -0.367 e. The third-order valence-electron chi connectivity index (χ3n) is 2.26. The summed E-state index contributed by atoms with van der Waals surface area (Å²) < 4.78 is 5.42. The summed E-state index contributed by atoms with van der Waals surface area (Å²) in [4.78, 5) is 11.2. The van der Waals surface area contributed by atoms with Gasteiger partial charge in [0.2, 0.25) is 5.91 Å². The van der Waals surface area contributed by atoms with Crippen molar-refractivity contribution in [1.82, 2.24) is 10.6 Å². The van der Waals surface area contributed by atoms with Crippen LogP contribution in [0.5, 0.6) is 0 Å². The van der Waals surface area contributed by atoms with Crippen LogP contribution < -0.4 is 10.6 Å². The fourth-order valence-corrected chi connectivity index (χ4v) is 1.46. The van der Waals surface area contributed by atoms with Gasteiger partial charge >= 0.3 is 0 Å². The van der Waals surface area contributed by atoms with Gasteiger partial charge in [0.1, 0.15) is 6.61 Å². The van der Waals surface area contributed by atoms with Crippen LogP contribution in [0.1, 0.15) is 19.3 Å². The van der Waals surface area contributed by atoms with Gasteiger partial charge < -0.3 is 15.4 Å². The highest BCUT2D eigenvalue weighted by Gasteiger charge is 2.14. The molecule has 0 saturated carbocycles.